The van der Waals surface area contributed by atoms with Crippen molar-refractivity contribution >= 4 is 21.4 Å². The third-order valence-corrected chi connectivity index (χ3v) is 7.13. The summed E-state index contributed by atoms with van der Waals surface area (Å²) < 4.78 is 38.1. The summed E-state index contributed by atoms with van der Waals surface area (Å²) in [5, 5.41) is 2.70. The molecule has 0 fully saturated rings. The van der Waals surface area contributed by atoms with Crippen molar-refractivity contribution in [3.05, 3.63) is 75.7 Å². The second-order valence-corrected chi connectivity index (χ2v) is 9.51. The van der Waals surface area contributed by atoms with Gasteiger partial charge in [0, 0.05) is 17.4 Å². The predicted molar refractivity (Wildman–Crippen MR) is 118 cm³/mol. The molecule has 2 heterocycles. The summed E-state index contributed by atoms with van der Waals surface area (Å²) in [5.41, 5.74) is 1.47. The van der Waals surface area contributed by atoms with Gasteiger partial charge in [-0.2, -0.15) is 0 Å². The minimum atomic E-state index is -4.05. The SMILES string of the molecule is Cc1ccc(S(=O)(=O)c2c(C)cc(C)n(CC(=O)Nc3ccc4c(c3)OCO4)c2=O)cc1. The number of benzene rings is 2. The highest BCUT2D eigenvalue weighted by atomic mass is 32.2. The monoisotopic (exact) mass is 454 g/mol. The van der Waals surface area contributed by atoms with Gasteiger partial charge in [0.1, 0.15) is 11.4 Å². The molecule has 0 unspecified atom stereocenters. The Balaban J connectivity index is 1.66. The molecule has 9 heteroatoms. The van der Waals surface area contributed by atoms with Crippen molar-refractivity contribution in [2.24, 2.45) is 0 Å². The van der Waals surface area contributed by atoms with E-state index in [0.717, 1.165) is 10.1 Å². The Kier molecular flexibility index (Phi) is 5.52. The Morgan fingerprint density at radius 2 is 1.69 bits per heavy atom. The molecule has 1 aromatic heterocycles. The predicted octanol–water partition coefficient (Wildman–Crippen LogP) is 2.97. The molecule has 1 N–H and O–H groups in total. The first-order valence-corrected chi connectivity index (χ1v) is 11.4. The van der Waals surface area contributed by atoms with Gasteiger partial charge in [0.2, 0.25) is 22.5 Å². The number of carbonyl (C=O) groups excluding carboxylic acids is 1. The van der Waals surface area contributed by atoms with Crippen LogP contribution >= 0.6 is 0 Å². The lowest BCUT2D eigenvalue weighted by molar-refractivity contribution is -0.116. The number of carbonyl (C=O) groups is 1. The van der Waals surface area contributed by atoms with Crippen LogP contribution in [0.1, 0.15) is 16.8 Å². The zero-order valence-electron chi connectivity index (χ0n) is 17.8. The molecule has 1 amide bonds. The van der Waals surface area contributed by atoms with E-state index in [1.807, 2.05) is 6.92 Å². The van der Waals surface area contributed by atoms with Crippen molar-refractivity contribution in [2.45, 2.75) is 37.1 Å². The maximum atomic E-state index is 13.2. The molecule has 2 aromatic carbocycles. The standard InChI is InChI=1S/C23H22N2O6S/c1-14-4-7-18(8-5-14)32(28,29)22-15(2)10-16(3)25(23(22)27)12-21(26)24-17-6-9-19-20(11-17)31-13-30-19/h4-11H,12-13H2,1-3H3,(H,24,26). The van der Waals surface area contributed by atoms with Crippen molar-refractivity contribution < 1.29 is 22.7 Å². The molecule has 1 aliphatic heterocycles. The fourth-order valence-electron chi connectivity index (χ4n) is 3.59. The molecule has 0 atom stereocenters. The fraction of sp³-hybridized carbons (Fsp3) is 0.217. The number of ether oxygens (including phenoxy) is 2. The van der Waals surface area contributed by atoms with Crippen molar-refractivity contribution in [1.82, 2.24) is 4.57 Å². The molecular weight excluding hydrogens is 432 g/mol. The van der Waals surface area contributed by atoms with Gasteiger partial charge in [0.25, 0.3) is 5.56 Å². The van der Waals surface area contributed by atoms with Crippen LogP contribution in [0, 0.1) is 20.8 Å². The quantitative estimate of drug-likeness (QED) is 0.636. The van der Waals surface area contributed by atoms with Gasteiger partial charge in [-0.1, -0.05) is 17.7 Å². The fourth-order valence-corrected chi connectivity index (χ4v) is 5.14. The minimum Gasteiger partial charge on any atom is -0.454 e. The summed E-state index contributed by atoms with van der Waals surface area (Å²) in [6.45, 7) is 4.86. The average Bonchev–Trinajstić information content (AvgIpc) is 3.19. The van der Waals surface area contributed by atoms with Gasteiger partial charge >= 0.3 is 0 Å². The van der Waals surface area contributed by atoms with E-state index in [1.54, 1.807) is 50.2 Å². The minimum absolute atomic E-state index is 0.0310. The van der Waals surface area contributed by atoms with Gasteiger partial charge in [0.15, 0.2) is 11.5 Å². The van der Waals surface area contributed by atoms with E-state index < -0.39 is 21.3 Å². The molecule has 32 heavy (non-hydrogen) atoms. The summed E-state index contributed by atoms with van der Waals surface area (Å²) in [5.74, 6) is 0.620. The van der Waals surface area contributed by atoms with Crippen molar-refractivity contribution in [1.29, 1.82) is 0 Å². The highest BCUT2D eigenvalue weighted by Crippen LogP contribution is 2.34. The second-order valence-electron chi connectivity index (χ2n) is 7.62. The number of pyridine rings is 1. The van der Waals surface area contributed by atoms with Crippen molar-refractivity contribution in [2.75, 3.05) is 12.1 Å². The number of rotatable bonds is 5. The molecule has 0 bridgehead atoms. The first-order chi connectivity index (χ1) is 15.2. The largest absolute Gasteiger partial charge is 0.454 e. The Morgan fingerprint density at radius 3 is 2.41 bits per heavy atom. The number of nitrogens with one attached hydrogen (secondary N) is 1. The van der Waals surface area contributed by atoms with E-state index in [2.05, 4.69) is 5.32 Å². The lowest BCUT2D eigenvalue weighted by atomic mass is 10.2. The number of aromatic nitrogens is 1. The molecule has 8 nitrogen and oxygen atoms in total. The number of sulfone groups is 1. The van der Waals surface area contributed by atoms with Crippen LogP contribution in [-0.2, 0) is 21.2 Å². The molecule has 0 aliphatic carbocycles. The number of anilines is 1. The summed E-state index contributed by atoms with van der Waals surface area (Å²) >= 11 is 0. The highest BCUT2D eigenvalue weighted by Gasteiger charge is 2.26. The van der Waals surface area contributed by atoms with E-state index >= 15 is 0 Å². The van der Waals surface area contributed by atoms with Crippen LogP contribution in [0.15, 0.2) is 63.1 Å². The number of amides is 1. The molecule has 166 valence electrons. The van der Waals surface area contributed by atoms with Crippen LogP contribution in [0.4, 0.5) is 5.69 Å². The second kappa shape index (κ2) is 8.16. The van der Waals surface area contributed by atoms with E-state index in [0.29, 0.717) is 28.4 Å². The summed E-state index contributed by atoms with van der Waals surface area (Å²) in [6, 6.07) is 12.8. The maximum Gasteiger partial charge on any atom is 0.270 e. The highest BCUT2D eigenvalue weighted by molar-refractivity contribution is 7.91. The van der Waals surface area contributed by atoms with Crippen LogP contribution in [-0.4, -0.2) is 25.7 Å². The maximum absolute atomic E-state index is 13.2. The molecule has 0 saturated heterocycles. The number of nitrogens with zero attached hydrogens (tertiary/aromatic N) is 1. The summed E-state index contributed by atoms with van der Waals surface area (Å²) in [6.07, 6.45) is 0. The van der Waals surface area contributed by atoms with E-state index in [1.165, 1.54) is 12.1 Å². The first-order valence-electron chi connectivity index (χ1n) is 9.89. The van der Waals surface area contributed by atoms with Crippen LogP contribution in [0.25, 0.3) is 0 Å². The molecule has 4 rings (SSSR count). The zero-order chi connectivity index (χ0) is 23.0. The van der Waals surface area contributed by atoms with Crippen LogP contribution in [0.2, 0.25) is 0 Å². The molecule has 0 saturated carbocycles. The lowest BCUT2D eigenvalue weighted by Crippen LogP contribution is -2.33. The van der Waals surface area contributed by atoms with E-state index in [9.17, 15) is 18.0 Å². The Bertz CT molecular complexity index is 1370. The van der Waals surface area contributed by atoms with Gasteiger partial charge in [-0.05, 0) is 56.7 Å². The normalized spacial score (nSPS) is 12.6. The number of hydrogen-bond donors (Lipinski definition) is 1. The third kappa shape index (κ3) is 3.99. The van der Waals surface area contributed by atoms with E-state index in [4.69, 9.17) is 9.47 Å². The molecular formula is C23H22N2O6S. The number of aryl methyl sites for hydroxylation is 3. The van der Waals surface area contributed by atoms with Crippen molar-refractivity contribution in [3.63, 3.8) is 0 Å². The van der Waals surface area contributed by atoms with Gasteiger partial charge in [0.05, 0.1) is 4.90 Å². The first kappa shape index (κ1) is 21.6. The van der Waals surface area contributed by atoms with Crippen LogP contribution < -0.4 is 20.3 Å². The van der Waals surface area contributed by atoms with Crippen LogP contribution in [0.5, 0.6) is 11.5 Å². The number of fused-ring (bicyclic) bond motifs is 1. The topological polar surface area (TPSA) is 104 Å². The smallest absolute Gasteiger partial charge is 0.270 e. The van der Waals surface area contributed by atoms with Gasteiger partial charge in [-0.15, -0.1) is 0 Å². The Morgan fingerprint density at radius 1 is 1.00 bits per heavy atom. The Labute approximate surface area is 185 Å². The lowest BCUT2D eigenvalue weighted by Gasteiger charge is -2.15. The zero-order valence-corrected chi connectivity index (χ0v) is 18.7. The van der Waals surface area contributed by atoms with Gasteiger partial charge < -0.3 is 19.4 Å². The molecule has 3 aromatic rings. The molecule has 1 aliphatic rings. The number of hydrogen-bond acceptors (Lipinski definition) is 6. The molecule has 0 radical (unpaired) electrons. The summed E-state index contributed by atoms with van der Waals surface area (Å²) in [4.78, 5) is 25.6. The van der Waals surface area contributed by atoms with Crippen molar-refractivity contribution in [3.8, 4) is 11.5 Å². The van der Waals surface area contributed by atoms with E-state index in [-0.39, 0.29) is 23.1 Å². The third-order valence-electron chi connectivity index (χ3n) is 5.21. The van der Waals surface area contributed by atoms with Gasteiger partial charge in [-0.25, -0.2) is 8.42 Å². The molecule has 0 spiro atoms. The van der Waals surface area contributed by atoms with Gasteiger partial charge in [-0.3, -0.25) is 9.59 Å². The van der Waals surface area contributed by atoms with Crippen LogP contribution in [0.3, 0.4) is 0 Å². The Hall–Kier alpha value is -3.59. The average molecular weight is 455 g/mol. The summed E-state index contributed by atoms with van der Waals surface area (Å²) in [7, 11) is -4.05.